The Bertz CT molecular complexity index is 464. The second-order valence-corrected chi connectivity index (χ2v) is 5.63. The third-order valence-corrected chi connectivity index (χ3v) is 3.73. The number of hydrogen-bond acceptors (Lipinski definition) is 4. The molecule has 7 heteroatoms. The van der Waals surface area contributed by atoms with Crippen LogP contribution >= 0.6 is 0 Å². The average molecular weight is 284 g/mol. The monoisotopic (exact) mass is 284 g/mol. The molecule has 0 aliphatic heterocycles. The van der Waals surface area contributed by atoms with E-state index in [1.807, 2.05) is 6.07 Å². The van der Waals surface area contributed by atoms with Crippen LogP contribution in [0.25, 0.3) is 0 Å². The molecular formula is C12H16N2O4S. The lowest BCUT2D eigenvalue weighted by molar-refractivity contribution is -0.140. The molecule has 1 amide bonds. The summed E-state index contributed by atoms with van der Waals surface area (Å²) in [7, 11) is -1.31. The minimum Gasteiger partial charge on any atom is -0.480 e. The van der Waals surface area contributed by atoms with Crippen molar-refractivity contribution in [2.24, 2.45) is 0 Å². The number of carboxylic acid groups (broad SMARTS) is 1. The minimum atomic E-state index is -1.31. The van der Waals surface area contributed by atoms with E-state index in [0.717, 1.165) is 5.56 Å². The number of carbonyl (C=O) groups excluding carboxylic acids is 1. The summed E-state index contributed by atoms with van der Waals surface area (Å²) < 4.78 is 11.8. The van der Waals surface area contributed by atoms with Crippen molar-refractivity contribution >= 4 is 22.7 Å². The van der Waals surface area contributed by atoms with Crippen molar-refractivity contribution in [3.8, 4) is 0 Å². The van der Waals surface area contributed by atoms with Crippen molar-refractivity contribution in [2.45, 2.75) is 19.4 Å². The van der Waals surface area contributed by atoms with E-state index in [-0.39, 0.29) is 5.75 Å². The van der Waals surface area contributed by atoms with Crippen molar-refractivity contribution in [2.75, 3.05) is 11.5 Å². The number of aryl methyl sites for hydroxylation is 1. The third-order valence-electron chi connectivity index (χ3n) is 2.37. The number of nitrogens with zero attached hydrogens (tertiary/aromatic N) is 1. The molecule has 0 spiro atoms. The lowest BCUT2D eigenvalue weighted by atomic mass is 10.2. The largest absolute Gasteiger partial charge is 0.480 e. The highest BCUT2D eigenvalue weighted by molar-refractivity contribution is 7.85. The number of aromatic nitrogens is 1. The van der Waals surface area contributed by atoms with E-state index in [1.165, 1.54) is 6.92 Å². The lowest BCUT2D eigenvalue weighted by Gasteiger charge is -2.12. The first kappa shape index (κ1) is 15.3. The molecule has 0 fully saturated rings. The fraction of sp³-hybridized carbons (Fsp3) is 0.417. The van der Waals surface area contributed by atoms with Crippen LogP contribution in [0.5, 0.6) is 0 Å². The molecule has 2 atom stereocenters. The molecule has 1 aromatic rings. The molecule has 0 saturated heterocycles. The maximum atomic E-state index is 11.8. The van der Waals surface area contributed by atoms with E-state index >= 15 is 0 Å². The van der Waals surface area contributed by atoms with Gasteiger partial charge in [-0.05, 0) is 18.1 Å². The van der Waals surface area contributed by atoms with Crippen LogP contribution in [0.3, 0.4) is 0 Å². The Labute approximate surface area is 113 Å². The van der Waals surface area contributed by atoms with Gasteiger partial charge in [-0.2, -0.15) is 0 Å². The predicted octanol–water partition coefficient (Wildman–Crippen LogP) is -0.0379. The molecule has 1 aromatic heterocycles. The molecule has 1 unspecified atom stereocenters. The highest BCUT2D eigenvalue weighted by Crippen LogP contribution is 2.00. The molecule has 0 aliphatic rings. The predicted molar refractivity (Wildman–Crippen MR) is 71.1 cm³/mol. The Hall–Kier alpha value is -1.76. The van der Waals surface area contributed by atoms with Gasteiger partial charge in [-0.15, -0.1) is 0 Å². The van der Waals surface area contributed by atoms with Gasteiger partial charge >= 0.3 is 5.97 Å². The van der Waals surface area contributed by atoms with E-state index in [0.29, 0.717) is 12.2 Å². The smallest absolute Gasteiger partial charge is 0.327 e. The zero-order valence-electron chi connectivity index (χ0n) is 10.5. The summed E-state index contributed by atoms with van der Waals surface area (Å²) in [5.74, 6) is -1.37. The van der Waals surface area contributed by atoms with Crippen LogP contribution in [0.2, 0.25) is 0 Å². The third kappa shape index (κ3) is 6.10. The molecule has 0 saturated carbocycles. The number of carboxylic acids is 1. The molecule has 2 N–H and O–H groups in total. The van der Waals surface area contributed by atoms with Crippen LogP contribution in [0, 0.1) is 0 Å². The molecule has 0 bridgehead atoms. The Balaban J connectivity index is 2.45. The minimum absolute atomic E-state index is 0.0881. The molecule has 1 rings (SSSR count). The quantitative estimate of drug-likeness (QED) is 0.732. The topological polar surface area (TPSA) is 96.4 Å². The van der Waals surface area contributed by atoms with Gasteiger partial charge in [0.1, 0.15) is 6.04 Å². The molecule has 104 valence electrons. The number of carbonyl (C=O) groups is 2. The fourth-order valence-electron chi connectivity index (χ4n) is 1.47. The molecule has 0 aliphatic carbocycles. The van der Waals surface area contributed by atoms with Gasteiger partial charge in [-0.25, -0.2) is 4.79 Å². The first-order valence-corrected chi connectivity index (χ1v) is 7.21. The zero-order valence-corrected chi connectivity index (χ0v) is 11.4. The van der Waals surface area contributed by atoms with Gasteiger partial charge in [0.2, 0.25) is 5.91 Å². The molecule has 1 heterocycles. The second-order valence-electron chi connectivity index (χ2n) is 4.01. The van der Waals surface area contributed by atoms with Gasteiger partial charge in [0.05, 0.1) is 5.75 Å². The lowest BCUT2D eigenvalue weighted by Crippen LogP contribution is -2.43. The highest BCUT2D eigenvalue weighted by Gasteiger charge is 2.20. The number of rotatable bonds is 7. The Morgan fingerprint density at radius 2 is 2.26 bits per heavy atom. The maximum Gasteiger partial charge on any atom is 0.327 e. The van der Waals surface area contributed by atoms with Gasteiger partial charge < -0.3 is 10.4 Å². The number of hydrogen-bond donors (Lipinski definition) is 2. The van der Waals surface area contributed by atoms with E-state index < -0.39 is 28.7 Å². The van der Waals surface area contributed by atoms with Crippen LogP contribution in [0.15, 0.2) is 24.5 Å². The first-order chi connectivity index (χ1) is 8.99. The summed E-state index contributed by atoms with van der Waals surface area (Å²) in [6.45, 7) is 1.23. The van der Waals surface area contributed by atoms with Crippen molar-refractivity contribution in [3.63, 3.8) is 0 Å². The van der Waals surface area contributed by atoms with Gasteiger partial charge in [0.15, 0.2) is 0 Å². The molecule has 19 heavy (non-hydrogen) atoms. The SMILES string of the molecule is CC(=O)N[C@@H](CS(=O)CCc1cccnc1)C(=O)O. The number of amides is 1. The van der Waals surface area contributed by atoms with Gasteiger partial charge in [-0.3, -0.25) is 14.0 Å². The van der Waals surface area contributed by atoms with Crippen LogP contribution in [-0.4, -0.2) is 43.7 Å². The summed E-state index contributed by atoms with van der Waals surface area (Å²) >= 11 is 0. The van der Waals surface area contributed by atoms with Crippen LogP contribution < -0.4 is 5.32 Å². The Morgan fingerprint density at radius 1 is 1.53 bits per heavy atom. The van der Waals surface area contributed by atoms with Gasteiger partial charge in [-0.1, -0.05) is 6.07 Å². The van der Waals surface area contributed by atoms with Crippen molar-refractivity contribution < 1.29 is 18.9 Å². The highest BCUT2D eigenvalue weighted by atomic mass is 32.2. The van der Waals surface area contributed by atoms with Crippen molar-refractivity contribution in [3.05, 3.63) is 30.1 Å². The zero-order chi connectivity index (χ0) is 14.3. The van der Waals surface area contributed by atoms with E-state index in [9.17, 15) is 13.8 Å². The molecule has 0 radical (unpaired) electrons. The molecule has 0 aromatic carbocycles. The van der Waals surface area contributed by atoms with Gasteiger partial charge in [0.25, 0.3) is 0 Å². The van der Waals surface area contributed by atoms with Crippen LogP contribution in [0.1, 0.15) is 12.5 Å². The standard InChI is InChI=1S/C12H16N2O4S/c1-9(15)14-11(12(16)17)8-19(18)6-4-10-3-2-5-13-7-10/h2-3,5,7,11H,4,6,8H2,1H3,(H,14,15)(H,16,17)/t11-,19?/m0/s1. The van der Waals surface area contributed by atoms with Crippen LogP contribution in [0.4, 0.5) is 0 Å². The maximum absolute atomic E-state index is 11.8. The summed E-state index contributed by atoms with van der Waals surface area (Å²) in [6.07, 6.45) is 3.89. The normalized spacial score (nSPS) is 13.5. The first-order valence-electron chi connectivity index (χ1n) is 5.73. The van der Waals surface area contributed by atoms with Gasteiger partial charge in [0, 0.05) is 35.9 Å². The van der Waals surface area contributed by atoms with E-state index in [4.69, 9.17) is 5.11 Å². The average Bonchev–Trinajstić information content (AvgIpc) is 2.36. The van der Waals surface area contributed by atoms with Crippen LogP contribution in [-0.2, 0) is 26.8 Å². The Morgan fingerprint density at radius 3 is 2.79 bits per heavy atom. The summed E-state index contributed by atoms with van der Waals surface area (Å²) in [4.78, 5) is 25.7. The number of pyridine rings is 1. The van der Waals surface area contributed by atoms with Crippen molar-refractivity contribution in [1.29, 1.82) is 0 Å². The second kappa shape index (κ2) is 7.63. The molecular weight excluding hydrogens is 268 g/mol. The fourth-order valence-corrected chi connectivity index (χ4v) is 2.69. The number of aliphatic carboxylic acids is 1. The van der Waals surface area contributed by atoms with Crippen molar-refractivity contribution in [1.82, 2.24) is 10.3 Å². The number of nitrogens with one attached hydrogen (secondary N) is 1. The summed E-state index contributed by atoms with van der Waals surface area (Å²) in [6, 6.07) is 2.55. The van der Waals surface area contributed by atoms with E-state index in [1.54, 1.807) is 18.5 Å². The summed E-state index contributed by atoms with van der Waals surface area (Å²) in [5.41, 5.74) is 0.947. The van der Waals surface area contributed by atoms with E-state index in [2.05, 4.69) is 10.3 Å². The molecule has 6 nitrogen and oxygen atoms in total. The Kier molecular flexibility index (Phi) is 6.14. The summed E-state index contributed by atoms with van der Waals surface area (Å²) in [5, 5.41) is 11.2.